The summed E-state index contributed by atoms with van der Waals surface area (Å²) in [6.45, 7) is 2.91. The van der Waals surface area contributed by atoms with E-state index in [2.05, 4.69) is 68.7 Å². The number of rotatable bonds is 5. The van der Waals surface area contributed by atoms with E-state index in [1.807, 2.05) is 49.4 Å². The zero-order valence-corrected chi connectivity index (χ0v) is 19.5. The number of aromatic hydroxyl groups is 1. The summed E-state index contributed by atoms with van der Waals surface area (Å²) in [5.74, 6) is 0.934. The lowest BCUT2D eigenvalue weighted by atomic mass is 9.95. The smallest absolute Gasteiger partial charge is 0.147 e. The lowest BCUT2D eigenvalue weighted by Crippen LogP contribution is -2.15. The van der Waals surface area contributed by atoms with Crippen LogP contribution in [0.5, 0.6) is 5.75 Å². The molecule has 3 heterocycles. The molecule has 5 heteroatoms. The SMILES string of the molecule is Cc1ccc2ccc(C(Nc3ccccn3)c3ccc(N4CCc5ccccc54)cc3)c(O)c2n1. The highest BCUT2D eigenvalue weighted by molar-refractivity contribution is 5.86. The van der Waals surface area contributed by atoms with Crippen LogP contribution in [0.2, 0.25) is 0 Å². The molecule has 3 aromatic carbocycles. The van der Waals surface area contributed by atoms with E-state index in [0.29, 0.717) is 5.52 Å². The first-order valence-electron chi connectivity index (χ1n) is 11.9. The molecule has 2 aromatic heterocycles. The average Bonchev–Trinajstić information content (AvgIpc) is 3.33. The van der Waals surface area contributed by atoms with Crippen molar-refractivity contribution >= 4 is 28.1 Å². The average molecular weight is 459 g/mol. The molecule has 5 aromatic rings. The number of benzene rings is 3. The van der Waals surface area contributed by atoms with Crippen LogP contribution in [0.1, 0.15) is 28.4 Å². The number of pyridine rings is 2. The summed E-state index contributed by atoms with van der Waals surface area (Å²) in [7, 11) is 0. The zero-order chi connectivity index (χ0) is 23.8. The van der Waals surface area contributed by atoms with Crippen molar-refractivity contribution in [1.82, 2.24) is 9.97 Å². The molecule has 0 saturated carbocycles. The van der Waals surface area contributed by atoms with Crippen molar-refractivity contribution in [3.63, 3.8) is 0 Å². The minimum atomic E-state index is -0.295. The summed E-state index contributed by atoms with van der Waals surface area (Å²) < 4.78 is 0. The maximum absolute atomic E-state index is 11.3. The van der Waals surface area contributed by atoms with Crippen LogP contribution < -0.4 is 10.2 Å². The maximum Gasteiger partial charge on any atom is 0.147 e. The second-order valence-corrected chi connectivity index (χ2v) is 8.94. The van der Waals surface area contributed by atoms with Gasteiger partial charge in [-0.05, 0) is 60.9 Å². The number of fused-ring (bicyclic) bond motifs is 2. The molecule has 0 fully saturated rings. The van der Waals surface area contributed by atoms with Gasteiger partial charge < -0.3 is 15.3 Å². The predicted molar refractivity (Wildman–Crippen MR) is 141 cm³/mol. The molecule has 35 heavy (non-hydrogen) atoms. The highest BCUT2D eigenvalue weighted by atomic mass is 16.3. The second kappa shape index (κ2) is 8.76. The first-order valence-corrected chi connectivity index (χ1v) is 11.9. The van der Waals surface area contributed by atoms with E-state index in [1.54, 1.807) is 6.20 Å². The number of aryl methyl sites for hydroxylation is 1. The van der Waals surface area contributed by atoms with Crippen LogP contribution in [-0.2, 0) is 6.42 Å². The number of nitrogens with one attached hydrogen (secondary N) is 1. The van der Waals surface area contributed by atoms with Gasteiger partial charge in [0.05, 0.1) is 6.04 Å². The number of phenolic OH excluding ortho intramolecular Hbond substituents is 1. The zero-order valence-electron chi connectivity index (χ0n) is 19.5. The molecule has 0 saturated heterocycles. The molecule has 172 valence electrons. The molecule has 2 N–H and O–H groups in total. The Kier molecular flexibility index (Phi) is 5.30. The number of anilines is 3. The molecule has 0 aliphatic carbocycles. The second-order valence-electron chi connectivity index (χ2n) is 8.94. The fourth-order valence-corrected chi connectivity index (χ4v) is 4.91. The molecular weight excluding hydrogens is 432 g/mol. The topological polar surface area (TPSA) is 61.3 Å². The van der Waals surface area contributed by atoms with Crippen molar-refractivity contribution < 1.29 is 5.11 Å². The standard InChI is InChI=1S/C30H26N4O/c1-20-9-10-23-13-16-25(30(35)29(23)32-20)28(33-27-8-4-5-18-31-27)22-11-14-24(15-12-22)34-19-17-21-6-2-3-7-26(21)34/h2-16,18,28,35H,17,19H2,1H3,(H,31,33). The van der Waals surface area contributed by atoms with Crippen LogP contribution in [-0.4, -0.2) is 21.6 Å². The highest BCUT2D eigenvalue weighted by Crippen LogP contribution is 2.38. The van der Waals surface area contributed by atoms with Crippen LogP contribution in [0.3, 0.4) is 0 Å². The van der Waals surface area contributed by atoms with Gasteiger partial charge in [0.2, 0.25) is 0 Å². The Balaban J connectivity index is 1.41. The molecule has 0 amide bonds. The Labute approximate surface area is 204 Å². The Morgan fingerprint density at radius 2 is 1.69 bits per heavy atom. The van der Waals surface area contributed by atoms with Crippen molar-refractivity contribution in [3.05, 3.63) is 120 Å². The van der Waals surface area contributed by atoms with Crippen LogP contribution >= 0.6 is 0 Å². The minimum absolute atomic E-state index is 0.192. The predicted octanol–water partition coefficient (Wildman–Crippen LogP) is 6.54. The molecule has 6 rings (SSSR count). The summed E-state index contributed by atoms with van der Waals surface area (Å²) in [5.41, 5.74) is 7.10. The normalized spacial score (nSPS) is 13.6. The van der Waals surface area contributed by atoms with Gasteiger partial charge in [-0.2, -0.15) is 0 Å². The van der Waals surface area contributed by atoms with Gasteiger partial charge in [0.1, 0.15) is 17.1 Å². The number of aromatic nitrogens is 2. The lowest BCUT2D eigenvalue weighted by molar-refractivity contribution is 0.471. The van der Waals surface area contributed by atoms with Gasteiger partial charge in [-0.3, -0.25) is 0 Å². The quantitative estimate of drug-likeness (QED) is 0.313. The molecule has 1 aliphatic heterocycles. The molecule has 1 unspecified atom stereocenters. The van der Waals surface area contributed by atoms with Crippen LogP contribution in [0.4, 0.5) is 17.2 Å². The van der Waals surface area contributed by atoms with Crippen LogP contribution in [0.25, 0.3) is 10.9 Å². The van der Waals surface area contributed by atoms with Gasteiger partial charge in [-0.25, -0.2) is 9.97 Å². The summed E-state index contributed by atoms with van der Waals surface area (Å²) in [6.07, 6.45) is 2.82. The Morgan fingerprint density at radius 3 is 2.51 bits per heavy atom. The minimum Gasteiger partial charge on any atom is -0.505 e. The van der Waals surface area contributed by atoms with Gasteiger partial charge in [0.15, 0.2) is 0 Å². The van der Waals surface area contributed by atoms with Gasteiger partial charge in [-0.15, -0.1) is 0 Å². The molecule has 0 bridgehead atoms. The molecule has 1 aliphatic rings. The van der Waals surface area contributed by atoms with Gasteiger partial charge >= 0.3 is 0 Å². The fraction of sp³-hybridized carbons (Fsp3) is 0.133. The first kappa shape index (κ1) is 21.2. The molecule has 0 radical (unpaired) electrons. The van der Waals surface area contributed by atoms with Crippen molar-refractivity contribution in [2.24, 2.45) is 0 Å². The number of phenols is 1. The van der Waals surface area contributed by atoms with Crippen molar-refractivity contribution in [1.29, 1.82) is 0 Å². The monoisotopic (exact) mass is 458 g/mol. The summed E-state index contributed by atoms with van der Waals surface area (Å²) >= 11 is 0. The van der Waals surface area contributed by atoms with Crippen molar-refractivity contribution in [2.75, 3.05) is 16.8 Å². The molecule has 1 atom stereocenters. The van der Waals surface area contributed by atoms with E-state index < -0.39 is 0 Å². The van der Waals surface area contributed by atoms with E-state index in [1.165, 1.54) is 11.3 Å². The maximum atomic E-state index is 11.3. The van der Waals surface area contributed by atoms with E-state index in [-0.39, 0.29) is 11.8 Å². The van der Waals surface area contributed by atoms with Crippen LogP contribution in [0, 0.1) is 6.92 Å². The number of hydrogen-bond donors (Lipinski definition) is 2. The highest BCUT2D eigenvalue weighted by Gasteiger charge is 2.23. The van der Waals surface area contributed by atoms with Gasteiger partial charge in [-0.1, -0.05) is 54.6 Å². The Morgan fingerprint density at radius 1 is 0.886 bits per heavy atom. The largest absolute Gasteiger partial charge is 0.505 e. The third kappa shape index (κ3) is 3.95. The van der Waals surface area contributed by atoms with E-state index in [0.717, 1.165) is 46.7 Å². The molecule has 5 nitrogen and oxygen atoms in total. The summed E-state index contributed by atoms with van der Waals surface area (Å²) in [5, 5.41) is 15.7. The number of para-hydroxylation sites is 1. The van der Waals surface area contributed by atoms with E-state index in [9.17, 15) is 5.11 Å². The van der Waals surface area contributed by atoms with E-state index in [4.69, 9.17) is 0 Å². The fourth-order valence-electron chi connectivity index (χ4n) is 4.91. The third-order valence-corrected chi connectivity index (χ3v) is 6.70. The first-order chi connectivity index (χ1) is 17.2. The number of hydrogen-bond acceptors (Lipinski definition) is 5. The van der Waals surface area contributed by atoms with Crippen LogP contribution in [0.15, 0.2) is 97.2 Å². The lowest BCUT2D eigenvalue weighted by Gasteiger charge is -2.24. The number of nitrogens with zero attached hydrogens (tertiary/aromatic N) is 3. The molecule has 0 spiro atoms. The third-order valence-electron chi connectivity index (χ3n) is 6.70. The summed E-state index contributed by atoms with van der Waals surface area (Å²) in [6, 6.07) is 30.6. The van der Waals surface area contributed by atoms with Gasteiger partial charge in [0, 0.05) is 40.8 Å². The Bertz CT molecular complexity index is 1500. The van der Waals surface area contributed by atoms with Crippen molar-refractivity contribution in [2.45, 2.75) is 19.4 Å². The van der Waals surface area contributed by atoms with E-state index >= 15 is 0 Å². The summed E-state index contributed by atoms with van der Waals surface area (Å²) in [4.78, 5) is 11.4. The van der Waals surface area contributed by atoms with Gasteiger partial charge in [0.25, 0.3) is 0 Å². The molecular formula is C30H26N4O. The van der Waals surface area contributed by atoms with Crippen molar-refractivity contribution in [3.8, 4) is 5.75 Å². The Hall–Kier alpha value is -4.38.